The Labute approximate surface area is 332 Å². The number of hydrogen-bond acceptors (Lipinski definition) is 2. The summed E-state index contributed by atoms with van der Waals surface area (Å²) in [6.45, 7) is 14.3. The van der Waals surface area contributed by atoms with Gasteiger partial charge in [-0.3, -0.25) is 4.98 Å². The van der Waals surface area contributed by atoms with E-state index in [1.54, 1.807) is 6.07 Å². The van der Waals surface area contributed by atoms with E-state index in [9.17, 15) is 0 Å². The number of pyridine rings is 1. The summed E-state index contributed by atoms with van der Waals surface area (Å²) in [4.78, 5) is 15.6. The van der Waals surface area contributed by atoms with Crippen molar-refractivity contribution in [1.29, 1.82) is 5.26 Å². The van der Waals surface area contributed by atoms with Gasteiger partial charge in [0.15, 0.2) is 0 Å². The monoisotopic (exact) mass is 752 g/mol. The average molecular weight is 754 g/mol. The van der Waals surface area contributed by atoms with Crippen LogP contribution in [0.25, 0.3) is 67.5 Å². The van der Waals surface area contributed by atoms with E-state index in [2.05, 4.69) is 169 Å². The molecular formula is C49H50N4Ni. The first-order chi connectivity index (χ1) is 25.7. The number of aromatic nitrogens is 3. The maximum atomic E-state index is 7.32. The number of hydrogen-bond donors (Lipinski definition) is 0. The van der Waals surface area contributed by atoms with Crippen molar-refractivity contribution in [2.75, 3.05) is 0 Å². The van der Waals surface area contributed by atoms with Gasteiger partial charge in [0.05, 0.1) is 6.07 Å². The second kappa shape index (κ2) is 20.1. The van der Waals surface area contributed by atoms with Crippen LogP contribution >= 0.6 is 0 Å². The average Bonchev–Trinajstić information content (AvgIpc) is 3.82. The minimum atomic E-state index is 0. The molecule has 0 aliphatic heterocycles. The first-order valence-corrected chi connectivity index (χ1v) is 18.7. The summed E-state index contributed by atoms with van der Waals surface area (Å²) in [6, 6.07) is 46.6. The number of unbranched alkanes of at least 4 members (excludes halogenated alkanes) is 3. The molecule has 0 unspecified atom stereocenters. The maximum Gasteiger partial charge on any atom is 2.00 e. The quantitative estimate of drug-likeness (QED) is 0.109. The summed E-state index contributed by atoms with van der Waals surface area (Å²) in [7, 11) is 0. The van der Waals surface area contributed by atoms with Crippen LogP contribution in [0.4, 0.5) is 0 Å². The molecule has 0 N–H and O–H groups in total. The molecule has 4 aromatic carbocycles. The third-order valence-corrected chi connectivity index (χ3v) is 9.15. The summed E-state index contributed by atoms with van der Waals surface area (Å²) in [5, 5.41) is 7.32. The van der Waals surface area contributed by atoms with Gasteiger partial charge in [-0.15, -0.1) is 22.8 Å². The Morgan fingerprint density at radius 2 is 0.796 bits per heavy atom. The molecule has 0 atom stereocenters. The van der Waals surface area contributed by atoms with Crippen molar-refractivity contribution in [3.63, 3.8) is 0 Å². The van der Waals surface area contributed by atoms with Gasteiger partial charge < -0.3 is 9.97 Å². The number of nitrogens with zero attached hydrogens (tertiary/aromatic N) is 4. The molecule has 0 saturated heterocycles. The molecule has 54 heavy (non-hydrogen) atoms. The molecule has 0 aliphatic carbocycles. The molecule has 7 aromatic rings. The minimum absolute atomic E-state index is 0. The Kier molecular flexibility index (Phi) is 15.4. The van der Waals surface area contributed by atoms with Gasteiger partial charge in [0.2, 0.25) is 0 Å². The summed E-state index contributed by atoms with van der Waals surface area (Å²) in [6.07, 6.45) is 5.54. The van der Waals surface area contributed by atoms with Crippen LogP contribution in [0.1, 0.15) is 68.7 Å². The number of rotatable bonds is 9. The summed E-state index contributed by atoms with van der Waals surface area (Å²) < 4.78 is 0. The van der Waals surface area contributed by atoms with Crippen LogP contribution in [0.15, 0.2) is 127 Å². The van der Waals surface area contributed by atoms with E-state index in [1.807, 2.05) is 0 Å². The molecule has 0 radical (unpaired) electrons. The van der Waals surface area contributed by atoms with E-state index in [-0.39, 0.29) is 16.5 Å². The zero-order valence-corrected chi connectivity index (χ0v) is 33.5. The number of nitriles is 1. The SMILES string of the molecule is CC#N.CCCCCC.Cc1ccc(-c2cc(-c3ccc(C)cc3)c(-c3cccc(-c4[n-]c(-c5ccc(C)cc5)cc4-c4ccc(C)cc4)n3)[n-]2)cc1.[Ni+2]. The van der Waals surface area contributed by atoms with E-state index < -0.39 is 0 Å². The second-order valence-corrected chi connectivity index (χ2v) is 13.6. The predicted molar refractivity (Wildman–Crippen MR) is 224 cm³/mol. The minimum Gasteiger partial charge on any atom is -0.655 e. The molecule has 3 aromatic heterocycles. The summed E-state index contributed by atoms with van der Waals surface area (Å²) in [5.74, 6) is 0. The van der Waals surface area contributed by atoms with E-state index in [0.29, 0.717) is 0 Å². The van der Waals surface area contributed by atoms with Crippen molar-refractivity contribution in [3.8, 4) is 73.6 Å². The molecule has 0 aliphatic rings. The molecule has 0 amide bonds. The Hall–Kier alpha value is -5.43. The Bertz CT molecular complexity index is 2080. The van der Waals surface area contributed by atoms with Crippen LogP contribution in [-0.2, 0) is 16.5 Å². The van der Waals surface area contributed by atoms with Crippen LogP contribution in [0.5, 0.6) is 0 Å². The van der Waals surface area contributed by atoms with Crippen LogP contribution in [0.2, 0.25) is 0 Å². The van der Waals surface area contributed by atoms with Crippen molar-refractivity contribution >= 4 is 0 Å². The van der Waals surface area contributed by atoms with E-state index in [0.717, 1.165) is 67.5 Å². The van der Waals surface area contributed by atoms with Crippen LogP contribution < -0.4 is 9.97 Å². The zero-order valence-electron chi connectivity index (χ0n) is 32.6. The van der Waals surface area contributed by atoms with Crippen molar-refractivity contribution < 1.29 is 16.5 Å². The van der Waals surface area contributed by atoms with Gasteiger partial charge in [-0.05, 0) is 73.2 Å². The van der Waals surface area contributed by atoms with Crippen molar-refractivity contribution in [2.24, 2.45) is 0 Å². The van der Waals surface area contributed by atoms with Gasteiger partial charge in [-0.2, -0.15) is 5.26 Å². The molecule has 0 bridgehead atoms. The molecule has 4 nitrogen and oxygen atoms in total. The van der Waals surface area contributed by atoms with Crippen LogP contribution in [0.3, 0.4) is 0 Å². The van der Waals surface area contributed by atoms with E-state index >= 15 is 0 Å². The largest absolute Gasteiger partial charge is 2.00 e. The van der Waals surface area contributed by atoms with E-state index in [4.69, 9.17) is 20.2 Å². The van der Waals surface area contributed by atoms with E-state index in [1.165, 1.54) is 54.9 Å². The van der Waals surface area contributed by atoms with Crippen LogP contribution in [0, 0.1) is 39.0 Å². The van der Waals surface area contributed by atoms with Crippen molar-refractivity contribution in [1.82, 2.24) is 15.0 Å². The normalized spacial score (nSPS) is 10.3. The van der Waals surface area contributed by atoms with Gasteiger partial charge in [0.25, 0.3) is 0 Å². The fraction of sp³-hybridized carbons (Fsp3) is 0.224. The zero-order chi connectivity index (χ0) is 37.7. The molecule has 3 heterocycles. The molecular weight excluding hydrogens is 703 g/mol. The fourth-order valence-electron chi connectivity index (χ4n) is 6.08. The Morgan fingerprint density at radius 1 is 0.500 bits per heavy atom. The third kappa shape index (κ3) is 10.6. The third-order valence-electron chi connectivity index (χ3n) is 9.15. The standard InChI is InChI=1S/C41H33N3.C6H14.C2H3N.Ni/c1-26-8-16-30(17-9-26)34-24-38(32-20-12-28(3)13-21-32)43-40(34)36-6-5-7-37(42-36)41-35(31-18-10-27(2)11-19-31)25-39(44-41)33-22-14-29(4)15-23-33;1-3-5-6-4-2;1-2-3;/h5-25H,1-4H3;3-6H2,1-2H3;1H3;/q-2;;;+2. The molecule has 5 heteroatoms. The summed E-state index contributed by atoms with van der Waals surface area (Å²) in [5.41, 5.74) is 16.7. The van der Waals surface area contributed by atoms with Gasteiger partial charge in [-0.1, -0.05) is 177 Å². The predicted octanol–water partition coefficient (Wildman–Crippen LogP) is 13.3. The number of benzene rings is 4. The van der Waals surface area contributed by atoms with Crippen LogP contribution in [-0.4, -0.2) is 4.98 Å². The molecule has 7 rings (SSSR count). The fourth-order valence-corrected chi connectivity index (χ4v) is 6.08. The van der Waals surface area contributed by atoms with Gasteiger partial charge >= 0.3 is 16.5 Å². The van der Waals surface area contributed by atoms with Gasteiger partial charge in [0, 0.05) is 18.3 Å². The number of aryl methyl sites for hydroxylation is 4. The molecule has 0 fully saturated rings. The molecule has 0 spiro atoms. The summed E-state index contributed by atoms with van der Waals surface area (Å²) >= 11 is 0. The Morgan fingerprint density at radius 3 is 1.09 bits per heavy atom. The maximum absolute atomic E-state index is 7.32. The smallest absolute Gasteiger partial charge is 0.655 e. The van der Waals surface area contributed by atoms with Gasteiger partial charge in [-0.25, -0.2) is 0 Å². The Balaban J connectivity index is 0.000000586. The van der Waals surface area contributed by atoms with Crippen molar-refractivity contribution in [2.45, 2.75) is 74.1 Å². The topological polar surface area (TPSA) is 64.9 Å². The molecule has 276 valence electrons. The first kappa shape index (κ1) is 41.3. The van der Waals surface area contributed by atoms with Gasteiger partial charge in [0.1, 0.15) is 0 Å². The molecule has 0 saturated carbocycles. The second-order valence-electron chi connectivity index (χ2n) is 13.6. The first-order valence-electron chi connectivity index (χ1n) is 18.7. The van der Waals surface area contributed by atoms with Crippen molar-refractivity contribution in [3.05, 3.63) is 150 Å².